The lowest BCUT2D eigenvalue weighted by molar-refractivity contribution is 0.182. The van der Waals surface area contributed by atoms with Crippen molar-refractivity contribution < 1.29 is 4.74 Å². The van der Waals surface area contributed by atoms with Crippen LogP contribution >= 0.6 is 0 Å². The number of aryl methyl sites for hydroxylation is 2. The van der Waals surface area contributed by atoms with Gasteiger partial charge in [0.25, 0.3) is 0 Å². The van der Waals surface area contributed by atoms with E-state index in [4.69, 9.17) is 4.74 Å². The maximum Gasteiger partial charge on any atom is 0.191 e. The van der Waals surface area contributed by atoms with Crippen LogP contribution in [0.1, 0.15) is 29.7 Å². The fraction of sp³-hybridized carbons (Fsp3) is 0.625. The summed E-state index contributed by atoms with van der Waals surface area (Å²) in [6, 6.07) is 0. The predicted molar refractivity (Wildman–Crippen MR) is 96.2 cm³/mol. The second-order valence-electron chi connectivity index (χ2n) is 5.71. The Morgan fingerprint density at radius 1 is 1.32 bits per heavy atom. The highest BCUT2D eigenvalue weighted by atomic mass is 16.5. The summed E-state index contributed by atoms with van der Waals surface area (Å²) in [5, 5.41) is 15.2. The van der Waals surface area contributed by atoms with Crippen LogP contribution in [0.25, 0.3) is 0 Å². The fourth-order valence-electron chi connectivity index (χ4n) is 2.50. The lowest BCUT2D eigenvalue weighted by Gasteiger charge is -2.11. The van der Waals surface area contributed by atoms with Crippen molar-refractivity contribution in [2.24, 2.45) is 12.0 Å². The van der Waals surface area contributed by atoms with E-state index >= 15 is 0 Å². The Balaban J connectivity index is 2.05. The van der Waals surface area contributed by atoms with Gasteiger partial charge in [-0.2, -0.15) is 10.2 Å². The van der Waals surface area contributed by atoms with Crippen LogP contribution < -0.4 is 10.6 Å². The first-order valence-corrected chi connectivity index (χ1v) is 8.43. The van der Waals surface area contributed by atoms with Crippen molar-refractivity contribution in [1.29, 1.82) is 0 Å². The Kier molecular flexibility index (Phi) is 6.93. The van der Waals surface area contributed by atoms with Crippen LogP contribution in [-0.2, 0) is 31.4 Å². The first-order valence-electron chi connectivity index (χ1n) is 8.43. The minimum absolute atomic E-state index is 0.563. The number of nitrogens with one attached hydrogen (secondary N) is 2. The van der Waals surface area contributed by atoms with Crippen molar-refractivity contribution >= 4 is 5.96 Å². The minimum atomic E-state index is 0.563. The van der Waals surface area contributed by atoms with Crippen LogP contribution in [0.4, 0.5) is 0 Å². The van der Waals surface area contributed by atoms with E-state index in [0.29, 0.717) is 19.7 Å². The second kappa shape index (κ2) is 9.16. The van der Waals surface area contributed by atoms with Gasteiger partial charge < -0.3 is 15.4 Å². The number of hydrogen-bond acceptors (Lipinski definition) is 5. The first-order chi connectivity index (χ1) is 12.1. The van der Waals surface area contributed by atoms with Crippen LogP contribution in [-0.4, -0.2) is 50.8 Å². The Morgan fingerprint density at radius 3 is 2.76 bits per heavy atom. The summed E-state index contributed by atoms with van der Waals surface area (Å²) in [7, 11) is 3.57. The lowest BCUT2D eigenvalue weighted by Crippen LogP contribution is -2.37. The van der Waals surface area contributed by atoms with Gasteiger partial charge in [0.15, 0.2) is 5.96 Å². The molecule has 0 radical (unpaired) electrons. The molecule has 0 saturated heterocycles. The zero-order chi connectivity index (χ0) is 18.2. The smallest absolute Gasteiger partial charge is 0.191 e. The number of ether oxygens (including phenoxy) is 1. The van der Waals surface area contributed by atoms with E-state index < -0.39 is 0 Å². The van der Waals surface area contributed by atoms with E-state index in [1.807, 2.05) is 25.6 Å². The van der Waals surface area contributed by atoms with Gasteiger partial charge in [-0.1, -0.05) is 0 Å². The van der Waals surface area contributed by atoms with E-state index in [1.54, 1.807) is 18.1 Å². The van der Waals surface area contributed by atoms with Crippen molar-refractivity contribution in [3.05, 3.63) is 29.1 Å². The van der Waals surface area contributed by atoms with Crippen molar-refractivity contribution in [3.8, 4) is 0 Å². The summed E-state index contributed by atoms with van der Waals surface area (Å²) < 4.78 is 8.85. The quantitative estimate of drug-likeness (QED) is 0.534. The van der Waals surface area contributed by atoms with Gasteiger partial charge in [-0.05, 0) is 20.8 Å². The van der Waals surface area contributed by atoms with E-state index in [0.717, 1.165) is 41.8 Å². The Morgan fingerprint density at radius 2 is 2.12 bits per heavy atom. The molecule has 0 spiro atoms. The van der Waals surface area contributed by atoms with Crippen LogP contribution in [0.3, 0.4) is 0 Å². The van der Waals surface area contributed by atoms with Crippen molar-refractivity contribution in [2.45, 2.75) is 40.4 Å². The van der Waals surface area contributed by atoms with Crippen molar-refractivity contribution in [1.82, 2.24) is 35.2 Å². The average Bonchev–Trinajstić information content (AvgIpc) is 3.12. The molecule has 9 nitrogen and oxygen atoms in total. The van der Waals surface area contributed by atoms with E-state index in [9.17, 15) is 0 Å². The van der Waals surface area contributed by atoms with Crippen LogP contribution in [0, 0.1) is 13.8 Å². The van der Waals surface area contributed by atoms with E-state index in [2.05, 4.69) is 37.7 Å². The molecule has 0 aromatic carbocycles. The zero-order valence-corrected chi connectivity index (χ0v) is 15.7. The Labute approximate surface area is 148 Å². The zero-order valence-electron chi connectivity index (χ0n) is 15.7. The summed E-state index contributed by atoms with van der Waals surface area (Å²) in [6.07, 6.45) is 1.54. The number of methoxy groups -OCH3 is 1. The molecule has 0 aliphatic rings. The molecule has 0 aliphatic carbocycles. The van der Waals surface area contributed by atoms with Crippen molar-refractivity contribution in [2.75, 3.05) is 20.3 Å². The molecule has 2 aromatic rings. The minimum Gasteiger partial charge on any atom is -0.383 e. The standard InChI is InChI=1S/C16H28N8O/c1-6-17-16(19-10-15-20-11-21-23(15)4)18-9-14-12(2)22-24(13(14)3)7-8-25-5/h11H,6-10H2,1-5H3,(H2,17,18,19). The summed E-state index contributed by atoms with van der Waals surface area (Å²) in [5.41, 5.74) is 3.27. The highest BCUT2D eigenvalue weighted by Gasteiger charge is 2.11. The van der Waals surface area contributed by atoms with Gasteiger partial charge in [-0.15, -0.1) is 0 Å². The molecule has 0 bridgehead atoms. The number of aliphatic imine (C=N–C) groups is 1. The molecule has 0 saturated carbocycles. The van der Waals surface area contributed by atoms with Crippen molar-refractivity contribution in [3.63, 3.8) is 0 Å². The normalized spacial score (nSPS) is 11.8. The molecule has 0 aliphatic heterocycles. The van der Waals surface area contributed by atoms with Gasteiger partial charge in [0.1, 0.15) is 12.2 Å². The molecule has 2 heterocycles. The lowest BCUT2D eigenvalue weighted by atomic mass is 10.2. The van der Waals surface area contributed by atoms with E-state index in [-0.39, 0.29) is 0 Å². The van der Waals surface area contributed by atoms with Crippen LogP contribution in [0.2, 0.25) is 0 Å². The molecule has 9 heteroatoms. The maximum absolute atomic E-state index is 5.14. The predicted octanol–water partition coefficient (Wildman–Crippen LogP) is 0.530. The number of rotatable bonds is 8. The summed E-state index contributed by atoms with van der Waals surface area (Å²) in [6.45, 7) is 9.44. The molecule has 0 fully saturated rings. The SMILES string of the molecule is CCNC(=NCc1c(C)nn(CCOC)c1C)NCc1ncnn1C. The Hall–Kier alpha value is -2.42. The summed E-state index contributed by atoms with van der Waals surface area (Å²) in [5.74, 6) is 1.60. The summed E-state index contributed by atoms with van der Waals surface area (Å²) >= 11 is 0. The molecule has 0 atom stereocenters. The fourth-order valence-corrected chi connectivity index (χ4v) is 2.50. The summed E-state index contributed by atoms with van der Waals surface area (Å²) in [4.78, 5) is 8.89. The van der Waals surface area contributed by atoms with E-state index in [1.165, 1.54) is 0 Å². The van der Waals surface area contributed by atoms with Gasteiger partial charge in [0, 0.05) is 32.0 Å². The second-order valence-corrected chi connectivity index (χ2v) is 5.71. The molecular formula is C16H28N8O. The third-order valence-corrected chi connectivity index (χ3v) is 4.00. The largest absolute Gasteiger partial charge is 0.383 e. The molecule has 2 N–H and O–H groups in total. The number of nitrogens with zero attached hydrogens (tertiary/aromatic N) is 6. The topological polar surface area (TPSA) is 94.2 Å². The molecule has 0 amide bonds. The Bertz CT molecular complexity index is 703. The van der Waals surface area contributed by atoms with Gasteiger partial charge in [-0.25, -0.2) is 9.98 Å². The number of hydrogen-bond donors (Lipinski definition) is 2. The van der Waals surface area contributed by atoms with Gasteiger partial charge in [0.05, 0.1) is 31.9 Å². The number of aromatic nitrogens is 5. The van der Waals surface area contributed by atoms with Crippen LogP contribution in [0.5, 0.6) is 0 Å². The highest BCUT2D eigenvalue weighted by Crippen LogP contribution is 2.14. The monoisotopic (exact) mass is 348 g/mol. The molecule has 138 valence electrons. The van der Waals surface area contributed by atoms with Gasteiger partial charge in [-0.3, -0.25) is 9.36 Å². The highest BCUT2D eigenvalue weighted by molar-refractivity contribution is 5.79. The molecular weight excluding hydrogens is 320 g/mol. The molecule has 25 heavy (non-hydrogen) atoms. The van der Waals surface area contributed by atoms with Crippen LogP contribution in [0.15, 0.2) is 11.3 Å². The average molecular weight is 348 g/mol. The third-order valence-electron chi connectivity index (χ3n) is 4.00. The molecule has 2 aromatic heterocycles. The maximum atomic E-state index is 5.14. The van der Waals surface area contributed by atoms with Gasteiger partial charge >= 0.3 is 0 Å². The first kappa shape index (κ1) is 18.9. The third kappa shape index (κ3) is 5.02. The molecule has 2 rings (SSSR count). The van der Waals surface area contributed by atoms with Gasteiger partial charge in [0.2, 0.25) is 0 Å². The molecule has 0 unspecified atom stereocenters. The number of guanidine groups is 1.